The fourth-order valence-electron chi connectivity index (χ4n) is 1.58. The number of rotatable bonds is 10. The van der Waals surface area contributed by atoms with E-state index in [0.717, 1.165) is 45.3 Å². The molecular weight excluding hydrogens is 206 g/mol. The van der Waals surface area contributed by atoms with E-state index in [1.807, 2.05) is 0 Å². The van der Waals surface area contributed by atoms with Crippen LogP contribution < -0.4 is 0 Å². The maximum absolute atomic E-state index is 11.0. The first-order chi connectivity index (χ1) is 7.74. The zero-order chi connectivity index (χ0) is 12.2. The summed E-state index contributed by atoms with van der Waals surface area (Å²) in [5, 5.41) is 8.63. The van der Waals surface area contributed by atoms with Gasteiger partial charge in [-0.3, -0.25) is 4.79 Å². The Balaban J connectivity index is 3.47. The van der Waals surface area contributed by atoms with E-state index in [0.29, 0.717) is 13.0 Å². The van der Waals surface area contributed by atoms with E-state index in [9.17, 15) is 4.79 Å². The molecule has 4 heteroatoms. The molecule has 0 saturated heterocycles. The van der Waals surface area contributed by atoms with E-state index in [1.165, 1.54) is 7.11 Å². The van der Waals surface area contributed by atoms with Gasteiger partial charge in [-0.15, -0.1) is 0 Å². The molecule has 0 atom stereocenters. The van der Waals surface area contributed by atoms with Gasteiger partial charge in [0.15, 0.2) is 0 Å². The molecule has 0 aliphatic rings. The van der Waals surface area contributed by atoms with Crippen molar-refractivity contribution in [1.29, 1.82) is 0 Å². The first-order valence-corrected chi connectivity index (χ1v) is 6.14. The minimum Gasteiger partial charge on any atom is -0.469 e. The van der Waals surface area contributed by atoms with Gasteiger partial charge >= 0.3 is 5.97 Å². The molecule has 0 aromatic heterocycles. The van der Waals surface area contributed by atoms with E-state index in [-0.39, 0.29) is 5.97 Å². The summed E-state index contributed by atoms with van der Waals surface area (Å²) >= 11 is 0. The first-order valence-electron chi connectivity index (χ1n) is 6.14. The summed E-state index contributed by atoms with van der Waals surface area (Å²) < 4.78 is 4.61. The molecular formula is C12H25NO3. The molecule has 0 spiro atoms. The van der Waals surface area contributed by atoms with Crippen LogP contribution in [0, 0.1) is 0 Å². The molecule has 0 aromatic carbocycles. The van der Waals surface area contributed by atoms with Crippen molar-refractivity contribution in [2.45, 2.75) is 39.0 Å². The fraction of sp³-hybridized carbons (Fsp3) is 0.917. The zero-order valence-electron chi connectivity index (χ0n) is 10.6. The topological polar surface area (TPSA) is 49.8 Å². The Hall–Kier alpha value is -0.610. The number of carbonyl (C=O) groups is 1. The predicted octanol–water partition coefficient (Wildman–Crippen LogP) is 1.42. The molecule has 0 bridgehead atoms. The second kappa shape index (κ2) is 10.9. The van der Waals surface area contributed by atoms with Gasteiger partial charge in [-0.05, 0) is 25.9 Å². The molecule has 96 valence electrons. The van der Waals surface area contributed by atoms with E-state index in [2.05, 4.69) is 16.6 Å². The molecule has 1 N–H and O–H groups in total. The number of hydrogen-bond acceptors (Lipinski definition) is 4. The van der Waals surface area contributed by atoms with Crippen LogP contribution in [0.25, 0.3) is 0 Å². The molecule has 0 radical (unpaired) electrons. The molecule has 0 amide bonds. The molecule has 0 unspecified atom stereocenters. The van der Waals surface area contributed by atoms with E-state index >= 15 is 0 Å². The Kier molecular flexibility index (Phi) is 10.5. The molecule has 0 fully saturated rings. The quantitative estimate of drug-likeness (QED) is 0.456. The number of ether oxygens (including phenoxy) is 1. The van der Waals surface area contributed by atoms with Gasteiger partial charge in [-0.25, -0.2) is 0 Å². The Morgan fingerprint density at radius 2 is 1.88 bits per heavy atom. The van der Waals surface area contributed by atoms with Crippen LogP contribution in [-0.2, 0) is 9.53 Å². The number of carbonyl (C=O) groups excluding carboxylic acids is 1. The SMILES string of the molecule is CCN(CCCCCCO)CCC(=O)OC. The third-order valence-electron chi connectivity index (χ3n) is 2.69. The maximum atomic E-state index is 11.0. The predicted molar refractivity (Wildman–Crippen MR) is 64.3 cm³/mol. The molecule has 16 heavy (non-hydrogen) atoms. The van der Waals surface area contributed by atoms with Gasteiger partial charge in [0.05, 0.1) is 13.5 Å². The standard InChI is InChI=1S/C12H25NO3/c1-3-13(10-8-12(15)16-2)9-6-4-5-7-11-14/h14H,3-11H2,1-2H3. The molecule has 0 aromatic rings. The van der Waals surface area contributed by atoms with Gasteiger partial charge in [0.2, 0.25) is 0 Å². The maximum Gasteiger partial charge on any atom is 0.306 e. The van der Waals surface area contributed by atoms with Crippen LogP contribution in [0.5, 0.6) is 0 Å². The smallest absolute Gasteiger partial charge is 0.306 e. The second-order valence-corrected chi connectivity index (χ2v) is 3.90. The Morgan fingerprint density at radius 3 is 2.44 bits per heavy atom. The normalized spacial score (nSPS) is 10.8. The number of nitrogens with zero attached hydrogens (tertiary/aromatic N) is 1. The monoisotopic (exact) mass is 231 g/mol. The van der Waals surface area contributed by atoms with Crippen LogP contribution >= 0.6 is 0 Å². The summed E-state index contributed by atoms with van der Waals surface area (Å²) in [7, 11) is 1.42. The number of methoxy groups -OCH3 is 1. The molecule has 0 aliphatic heterocycles. The lowest BCUT2D eigenvalue weighted by molar-refractivity contribution is -0.140. The highest BCUT2D eigenvalue weighted by Gasteiger charge is 2.05. The van der Waals surface area contributed by atoms with Gasteiger partial charge in [-0.1, -0.05) is 19.8 Å². The Bertz CT molecular complexity index is 174. The largest absolute Gasteiger partial charge is 0.469 e. The summed E-state index contributed by atoms with van der Waals surface area (Å²) in [5.74, 6) is -0.140. The third-order valence-corrected chi connectivity index (χ3v) is 2.69. The van der Waals surface area contributed by atoms with Crippen LogP contribution in [0.1, 0.15) is 39.0 Å². The van der Waals surface area contributed by atoms with Crippen molar-refractivity contribution in [2.24, 2.45) is 0 Å². The first kappa shape index (κ1) is 15.4. The van der Waals surface area contributed by atoms with Gasteiger partial charge in [0.1, 0.15) is 0 Å². The minimum absolute atomic E-state index is 0.140. The van der Waals surface area contributed by atoms with E-state index in [1.54, 1.807) is 0 Å². The van der Waals surface area contributed by atoms with Gasteiger partial charge in [0, 0.05) is 13.2 Å². The molecule has 0 aliphatic carbocycles. The molecule has 0 rings (SSSR count). The van der Waals surface area contributed by atoms with Crippen molar-refractivity contribution in [1.82, 2.24) is 4.90 Å². The lowest BCUT2D eigenvalue weighted by Gasteiger charge is -2.19. The summed E-state index contributed by atoms with van der Waals surface area (Å²) in [5.41, 5.74) is 0. The van der Waals surface area contributed by atoms with Crippen molar-refractivity contribution in [3.8, 4) is 0 Å². The van der Waals surface area contributed by atoms with E-state index < -0.39 is 0 Å². The van der Waals surface area contributed by atoms with E-state index in [4.69, 9.17) is 5.11 Å². The Labute approximate surface area is 98.6 Å². The highest BCUT2D eigenvalue weighted by atomic mass is 16.5. The summed E-state index contributed by atoms with van der Waals surface area (Å²) in [4.78, 5) is 13.2. The fourth-order valence-corrected chi connectivity index (χ4v) is 1.58. The van der Waals surface area contributed by atoms with Crippen molar-refractivity contribution in [3.63, 3.8) is 0 Å². The third kappa shape index (κ3) is 8.68. The number of esters is 1. The zero-order valence-corrected chi connectivity index (χ0v) is 10.6. The summed E-state index contributed by atoms with van der Waals surface area (Å²) in [6.07, 6.45) is 4.74. The highest BCUT2D eigenvalue weighted by Crippen LogP contribution is 2.02. The lowest BCUT2D eigenvalue weighted by atomic mass is 10.2. The van der Waals surface area contributed by atoms with Crippen LogP contribution in [0.15, 0.2) is 0 Å². The summed E-state index contributed by atoms with van der Waals surface area (Å²) in [6.45, 7) is 5.17. The van der Waals surface area contributed by atoms with Crippen LogP contribution in [0.3, 0.4) is 0 Å². The number of aliphatic hydroxyl groups is 1. The van der Waals surface area contributed by atoms with Crippen molar-refractivity contribution in [2.75, 3.05) is 33.4 Å². The van der Waals surface area contributed by atoms with Gasteiger partial charge < -0.3 is 14.7 Å². The lowest BCUT2D eigenvalue weighted by Crippen LogP contribution is -2.27. The Morgan fingerprint density at radius 1 is 1.19 bits per heavy atom. The molecule has 0 saturated carbocycles. The average Bonchev–Trinajstić information content (AvgIpc) is 2.32. The molecule has 0 heterocycles. The highest BCUT2D eigenvalue weighted by molar-refractivity contribution is 5.69. The summed E-state index contributed by atoms with van der Waals surface area (Å²) in [6, 6.07) is 0. The minimum atomic E-state index is -0.140. The van der Waals surface area contributed by atoms with Gasteiger partial charge in [0.25, 0.3) is 0 Å². The van der Waals surface area contributed by atoms with Crippen molar-refractivity contribution < 1.29 is 14.6 Å². The van der Waals surface area contributed by atoms with Crippen molar-refractivity contribution in [3.05, 3.63) is 0 Å². The van der Waals surface area contributed by atoms with Crippen LogP contribution in [-0.4, -0.2) is 49.3 Å². The number of unbranched alkanes of at least 4 members (excludes halogenated alkanes) is 3. The van der Waals surface area contributed by atoms with Gasteiger partial charge in [-0.2, -0.15) is 0 Å². The number of aliphatic hydroxyl groups excluding tert-OH is 1. The second-order valence-electron chi connectivity index (χ2n) is 3.90. The van der Waals surface area contributed by atoms with Crippen molar-refractivity contribution >= 4 is 5.97 Å². The average molecular weight is 231 g/mol. The molecule has 4 nitrogen and oxygen atoms in total. The van der Waals surface area contributed by atoms with Crippen LogP contribution in [0.2, 0.25) is 0 Å². The van der Waals surface area contributed by atoms with Crippen LogP contribution in [0.4, 0.5) is 0 Å². The number of hydrogen-bond donors (Lipinski definition) is 1.